The summed E-state index contributed by atoms with van der Waals surface area (Å²) in [4.78, 5) is 13.8. The predicted octanol–water partition coefficient (Wildman–Crippen LogP) is 1.26. The summed E-state index contributed by atoms with van der Waals surface area (Å²) in [6.07, 6.45) is -2.20. The van der Waals surface area contributed by atoms with Gasteiger partial charge in [0.05, 0.1) is 5.56 Å². The molecule has 1 aromatic rings. The van der Waals surface area contributed by atoms with Crippen LogP contribution in [0, 0.1) is 5.82 Å². The number of aromatic nitrogens is 1. The lowest BCUT2D eigenvalue weighted by atomic mass is 10.2. The number of hydrogen-bond acceptors (Lipinski definition) is 2. The van der Waals surface area contributed by atoms with Crippen LogP contribution in [0.15, 0.2) is 12.3 Å². The normalized spacial score (nSPS) is 10.5. The third-order valence-electron chi connectivity index (χ3n) is 1.39. The Morgan fingerprint density at radius 3 is 2.54 bits per heavy atom. The summed E-state index contributed by atoms with van der Waals surface area (Å²) in [5.41, 5.74) is 2.95. The Labute approximate surface area is 71.4 Å². The van der Waals surface area contributed by atoms with E-state index < -0.39 is 29.4 Å². The van der Waals surface area contributed by atoms with Crippen molar-refractivity contribution in [3.63, 3.8) is 0 Å². The van der Waals surface area contributed by atoms with Crippen molar-refractivity contribution >= 4 is 5.91 Å². The number of hydrogen-bond donors (Lipinski definition) is 1. The van der Waals surface area contributed by atoms with Crippen LogP contribution in [0.3, 0.4) is 0 Å². The van der Waals surface area contributed by atoms with Gasteiger partial charge in [0.15, 0.2) is 0 Å². The highest BCUT2D eigenvalue weighted by Gasteiger charge is 2.22. The SMILES string of the molecule is NC(=O)c1nccc(F)c1C(F)F. The van der Waals surface area contributed by atoms with E-state index in [9.17, 15) is 18.0 Å². The summed E-state index contributed by atoms with van der Waals surface area (Å²) < 4.78 is 37.1. The first-order valence-corrected chi connectivity index (χ1v) is 3.26. The molecule has 0 spiro atoms. The average molecular weight is 190 g/mol. The number of rotatable bonds is 2. The zero-order valence-corrected chi connectivity index (χ0v) is 6.30. The smallest absolute Gasteiger partial charge is 0.268 e. The van der Waals surface area contributed by atoms with Crippen molar-refractivity contribution in [2.45, 2.75) is 6.43 Å². The number of amides is 1. The van der Waals surface area contributed by atoms with Gasteiger partial charge in [-0.05, 0) is 6.07 Å². The van der Waals surface area contributed by atoms with E-state index in [0.717, 1.165) is 12.3 Å². The second kappa shape index (κ2) is 3.42. The van der Waals surface area contributed by atoms with Gasteiger partial charge in [-0.2, -0.15) is 0 Å². The lowest BCUT2D eigenvalue weighted by molar-refractivity contribution is 0.0976. The van der Waals surface area contributed by atoms with Gasteiger partial charge < -0.3 is 5.73 Å². The van der Waals surface area contributed by atoms with Crippen LogP contribution in [0.25, 0.3) is 0 Å². The number of nitrogens with two attached hydrogens (primary N) is 1. The summed E-state index contributed by atoms with van der Waals surface area (Å²) in [6, 6.07) is 0.744. The fourth-order valence-electron chi connectivity index (χ4n) is 0.854. The van der Waals surface area contributed by atoms with Crippen LogP contribution in [-0.2, 0) is 0 Å². The number of halogens is 3. The molecule has 0 fully saturated rings. The second-order valence-corrected chi connectivity index (χ2v) is 2.22. The molecular formula is C7H5F3N2O. The summed E-state index contributed by atoms with van der Waals surface area (Å²) in [5.74, 6) is -2.35. The number of alkyl halides is 2. The molecule has 0 saturated heterocycles. The predicted molar refractivity (Wildman–Crippen MR) is 37.7 cm³/mol. The minimum Gasteiger partial charge on any atom is -0.364 e. The van der Waals surface area contributed by atoms with Crippen LogP contribution in [0.4, 0.5) is 13.2 Å². The zero-order chi connectivity index (χ0) is 10.0. The molecule has 0 radical (unpaired) electrons. The summed E-state index contributed by atoms with van der Waals surface area (Å²) in [6.45, 7) is 0. The third kappa shape index (κ3) is 1.77. The maximum Gasteiger partial charge on any atom is 0.268 e. The van der Waals surface area contributed by atoms with Gasteiger partial charge in [0.2, 0.25) is 0 Å². The lowest BCUT2D eigenvalue weighted by Gasteiger charge is -2.04. The van der Waals surface area contributed by atoms with Crippen molar-refractivity contribution < 1.29 is 18.0 Å². The van der Waals surface area contributed by atoms with Gasteiger partial charge >= 0.3 is 0 Å². The summed E-state index contributed by atoms with van der Waals surface area (Å²) >= 11 is 0. The van der Waals surface area contributed by atoms with Crippen LogP contribution in [0.5, 0.6) is 0 Å². The van der Waals surface area contributed by atoms with Crippen LogP contribution in [0.2, 0.25) is 0 Å². The zero-order valence-electron chi connectivity index (χ0n) is 6.30. The minimum atomic E-state index is -3.10. The van der Waals surface area contributed by atoms with Gasteiger partial charge in [0, 0.05) is 6.20 Å². The first kappa shape index (κ1) is 9.50. The summed E-state index contributed by atoms with van der Waals surface area (Å²) in [7, 11) is 0. The minimum absolute atomic E-state index is 0.727. The van der Waals surface area contributed by atoms with Crippen molar-refractivity contribution in [2.24, 2.45) is 5.73 Å². The van der Waals surface area contributed by atoms with E-state index in [1.807, 2.05) is 0 Å². The van der Waals surface area contributed by atoms with E-state index in [1.165, 1.54) is 0 Å². The van der Waals surface area contributed by atoms with Gasteiger partial charge in [-0.3, -0.25) is 9.78 Å². The highest BCUT2D eigenvalue weighted by molar-refractivity contribution is 5.92. The standard InChI is InChI=1S/C7H5F3N2O/c8-3-1-2-12-5(7(11)13)4(3)6(9)10/h1-2,6H,(H2,11,13). The quantitative estimate of drug-likeness (QED) is 0.763. The average Bonchev–Trinajstić information content (AvgIpc) is 2.02. The number of primary amides is 1. The molecule has 0 aliphatic rings. The molecule has 6 heteroatoms. The molecule has 2 N–H and O–H groups in total. The largest absolute Gasteiger partial charge is 0.364 e. The van der Waals surface area contributed by atoms with Gasteiger partial charge in [-0.1, -0.05) is 0 Å². The highest BCUT2D eigenvalue weighted by atomic mass is 19.3. The van der Waals surface area contributed by atoms with Gasteiger partial charge in [-0.25, -0.2) is 13.2 Å². The van der Waals surface area contributed by atoms with Crippen molar-refractivity contribution in [3.8, 4) is 0 Å². The Morgan fingerprint density at radius 1 is 1.54 bits per heavy atom. The molecule has 0 unspecified atom stereocenters. The Bertz CT molecular complexity index is 341. The van der Waals surface area contributed by atoms with E-state index in [1.54, 1.807) is 0 Å². The van der Waals surface area contributed by atoms with E-state index in [2.05, 4.69) is 4.98 Å². The Morgan fingerprint density at radius 2 is 2.15 bits per heavy atom. The molecule has 1 aromatic heterocycles. The lowest BCUT2D eigenvalue weighted by Crippen LogP contribution is -2.17. The first-order valence-electron chi connectivity index (χ1n) is 3.26. The molecule has 13 heavy (non-hydrogen) atoms. The molecular weight excluding hydrogens is 185 g/mol. The van der Waals surface area contributed by atoms with Crippen molar-refractivity contribution in [1.29, 1.82) is 0 Å². The Balaban J connectivity index is 3.34. The molecule has 0 atom stereocenters. The third-order valence-corrected chi connectivity index (χ3v) is 1.39. The molecule has 0 aliphatic carbocycles. The van der Waals surface area contributed by atoms with E-state index in [0.29, 0.717) is 0 Å². The summed E-state index contributed by atoms with van der Waals surface area (Å²) in [5, 5.41) is 0. The maximum atomic E-state index is 12.7. The van der Waals surface area contributed by atoms with Gasteiger partial charge in [0.1, 0.15) is 11.5 Å². The Kier molecular flexibility index (Phi) is 2.50. The number of nitrogens with zero attached hydrogens (tertiary/aromatic N) is 1. The fourth-order valence-corrected chi connectivity index (χ4v) is 0.854. The molecule has 70 valence electrons. The molecule has 3 nitrogen and oxygen atoms in total. The van der Waals surface area contributed by atoms with Crippen molar-refractivity contribution in [3.05, 3.63) is 29.3 Å². The molecule has 0 aliphatic heterocycles. The fraction of sp³-hybridized carbons (Fsp3) is 0.143. The number of pyridine rings is 1. The molecule has 0 saturated carbocycles. The van der Waals surface area contributed by atoms with Gasteiger partial charge in [0.25, 0.3) is 12.3 Å². The number of carbonyl (C=O) groups excluding carboxylic acids is 1. The molecule has 1 amide bonds. The van der Waals surface area contributed by atoms with E-state index in [4.69, 9.17) is 5.73 Å². The molecule has 1 rings (SSSR count). The Hall–Kier alpha value is -1.59. The van der Waals surface area contributed by atoms with Crippen LogP contribution in [-0.4, -0.2) is 10.9 Å². The van der Waals surface area contributed by atoms with Crippen LogP contribution in [0.1, 0.15) is 22.5 Å². The van der Waals surface area contributed by atoms with E-state index >= 15 is 0 Å². The van der Waals surface area contributed by atoms with Crippen molar-refractivity contribution in [1.82, 2.24) is 4.98 Å². The molecule has 0 aromatic carbocycles. The van der Waals surface area contributed by atoms with Crippen molar-refractivity contribution in [2.75, 3.05) is 0 Å². The monoisotopic (exact) mass is 190 g/mol. The number of carbonyl (C=O) groups is 1. The van der Waals surface area contributed by atoms with Crippen LogP contribution < -0.4 is 5.73 Å². The van der Waals surface area contributed by atoms with Crippen LogP contribution >= 0.6 is 0 Å². The highest BCUT2D eigenvalue weighted by Crippen LogP contribution is 2.23. The maximum absolute atomic E-state index is 12.7. The molecule has 0 bridgehead atoms. The second-order valence-electron chi connectivity index (χ2n) is 2.22. The topological polar surface area (TPSA) is 56.0 Å². The van der Waals surface area contributed by atoms with E-state index in [-0.39, 0.29) is 0 Å². The molecule has 1 heterocycles. The van der Waals surface area contributed by atoms with Gasteiger partial charge in [-0.15, -0.1) is 0 Å². The first-order chi connectivity index (χ1) is 6.04.